The van der Waals surface area contributed by atoms with Gasteiger partial charge in [0.15, 0.2) is 11.5 Å². The fourth-order valence-electron chi connectivity index (χ4n) is 7.48. The van der Waals surface area contributed by atoms with Crippen molar-refractivity contribution in [2.75, 3.05) is 13.6 Å². The lowest BCUT2D eigenvalue weighted by atomic mass is 9.56. The minimum Gasteiger partial charge on any atom is -0.507 e. The Kier molecular flexibility index (Phi) is 10.2. The minimum atomic E-state index is -0.319. The Balaban J connectivity index is 0.00000235. The molecule has 5 heteroatoms. The molecule has 3 aromatic rings. The Hall–Kier alpha value is -4.38. The van der Waals surface area contributed by atoms with Crippen LogP contribution in [0.15, 0.2) is 84.1 Å². The highest BCUT2D eigenvalue weighted by atomic mass is 16.3. The summed E-state index contributed by atoms with van der Waals surface area (Å²) in [5.41, 5.74) is 9.99. The first kappa shape index (κ1) is 34.5. The molecule has 2 unspecified atom stereocenters. The van der Waals surface area contributed by atoms with Crippen molar-refractivity contribution < 1.29 is 15.3 Å². The van der Waals surface area contributed by atoms with E-state index in [9.17, 15) is 15.3 Å². The second-order valence-electron chi connectivity index (χ2n) is 12.6. The van der Waals surface area contributed by atoms with Gasteiger partial charge in [-0.05, 0) is 87.8 Å². The van der Waals surface area contributed by atoms with E-state index in [1.54, 1.807) is 27.1 Å². The molecule has 2 aliphatic rings. The van der Waals surface area contributed by atoms with E-state index in [0.717, 1.165) is 18.5 Å². The van der Waals surface area contributed by atoms with Gasteiger partial charge in [0.2, 0.25) is 0 Å². The second-order valence-corrected chi connectivity index (χ2v) is 12.6. The monoisotopic (exact) mass is 620 g/mol. The Bertz CT molecular complexity index is 1720. The van der Waals surface area contributed by atoms with Gasteiger partial charge in [-0.2, -0.15) is 0 Å². The van der Waals surface area contributed by atoms with Crippen molar-refractivity contribution in [1.82, 2.24) is 10.2 Å². The molecule has 244 valence electrons. The molecule has 0 amide bonds. The molecule has 46 heavy (non-hydrogen) atoms. The molecular weight excluding hydrogens is 568 g/mol. The lowest BCUT2D eigenvalue weighted by Gasteiger charge is -2.60. The fourth-order valence-corrected chi connectivity index (χ4v) is 7.48. The van der Waals surface area contributed by atoms with Gasteiger partial charge in [0.1, 0.15) is 5.75 Å². The van der Waals surface area contributed by atoms with E-state index in [0.29, 0.717) is 23.1 Å². The van der Waals surface area contributed by atoms with Gasteiger partial charge in [0, 0.05) is 47.6 Å². The lowest BCUT2D eigenvalue weighted by molar-refractivity contribution is 0.0987. The van der Waals surface area contributed by atoms with Crippen LogP contribution in [0, 0.1) is 13.8 Å². The topological polar surface area (TPSA) is 76.0 Å². The average Bonchev–Trinajstić information content (AvgIpc) is 3.08. The van der Waals surface area contributed by atoms with Crippen molar-refractivity contribution in [3.05, 3.63) is 123 Å². The van der Waals surface area contributed by atoms with Crippen LogP contribution in [0.3, 0.4) is 0 Å². The Morgan fingerprint density at radius 3 is 2.15 bits per heavy atom. The van der Waals surface area contributed by atoms with E-state index in [2.05, 4.69) is 105 Å². The highest BCUT2D eigenvalue weighted by Gasteiger charge is 2.55. The predicted octanol–water partition coefficient (Wildman–Crippen LogP) is 9.29. The molecule has 4 N–H and O–H groups in total. The predicted molar refractivity (Wildman–Crippen MR) is 193 cm³/mol. The van der Waals surface area contributed by atoms with Crippen molar-refractivity contribution in [3.63, 3.8) is 0 Å². The molecule has 3 aromatic carbocycles. The first-order valence-electron chi connectivity index (χ1n) is 16.6. The summed E-state index contributed by atoms with van der Waals surface area (Å²) in [6.45, 7) is 19.6. The number of hydrogen-bond donors (Lipinski definition) is 4. The standard InChI is InChI=1S/C39H46N2O3.C2H6/c1-9-38(6)39(7,32-19-13-11-17-29(32)34-25(3)15-14-22-41(34)38)31-18-12-10-16-28(31)21-20-24(2)30(23-40-8)33-35(42)26(4)27(5)36(43)37(33)44;1-2/h10-20,23,40,42-44H,9,21-22H2,1-8H3;1-2H3/b24-20-,30-23+;. The van der Waals surface area contributed by atoms with Gasteiger partial charge < -0.3 is 25.5 Å². The zero-order valence-electron chi connectivity index (χ0n) is 29.3. The van der Waals surface area contributed by atoms with E-state index >= 15 is 0 Å². The third-order valence-corrected chi connectivity index (χ3v) is 10.5. The summed E-state index contributed by atoms with van der Waals surface area (Å²) >= 11 is 0. The highest BCUT2D eigenvalue weighted by molar-refractivity contribution is 5.87. The van der Waals surface area contributed by atoms with Gasteiger partial charge in [-0.25, -0.2) is 0 Å². The maximum Gasteiger partial charge on any atom is 0.169 e. The number of phenolic OH excluding ortho intramolecular Hbond substituents is 3. The van der Waals surface area contributed by atoms with Crippen LogP contribution in [0.4, 0.5) is 0 Å². The van der Waals surface area contributed by atoms with Crippen LogP contribution in [0.1, 0.15) is 93.8 Å². The number of rotatable bonds is 7. The van der Waals surface area contributed by atoms with Gasteiger partial charge in [-0.1, -0.05) is 87.5 Å². The van der Waals surface area contributed by atoms with Gasteiger partial charge in [0.05, 0.1) is 11.1 Å². The van der Waals surface area contributed by atoms with Crippen LogP contribution in [0.2, 0.25) is 0 Å². The summed E-state index contributed by atoms with van der Waals surface area (Å²) in [7, 11) is 1.78. The number of hydrogen-bond acceptors (Lipinski definition) is 5. The normalized spacial score (nSPS) is 21.0. The summed E-state index contributed by atoms with van der Waals surface area (Å²) in [5.74, 6) is -0.568. The van der Waals surface area contributed by atoms with Crippen LogP contribution < -0.4 is 5.32 Å². The van der Waals surface area contributed by atoms with Crippen molar-refractivity contribution in [3.8, 4) is 17.2 Å². The Morgan fingerprint density at radius 2 is 1.50 bits per heavy atom. The summed E-state index contributed by atoms with van der Waals surface area (Å²) in [4.78, 5) is 2.62. The maximum atomic E-state index is 11.1. The summed E-state index contributed by atoms with van der Waals surface area (Å²) in [6, 6.07) is 17.6. The van der Waals surface area contributed by atoms with E-state index < -0.39 is 0 Å². The van der Waals surface area contributed by atoms with E-state index in [1.807, 2.05) is 20.8 Å². The molecule has 0 spiro atoms. The molecule has 0 aliphatic carbocycles. The van der Waals surface area contributed by atoms with Gasteiger partial charge >= 0.3 is 0 Å². The number of nitrogens with zero attached hydrogens (tertiary/aromatic N) is 1. The molecule has 2 aliphatic heterocycles. The first-order valence-corrected chi connectivity index (χ1v) is 16.6. The van der Waals surface area contributed by atoms with Crippen LogP contribution in [0.5, 0.6) is 17.2 Å². The van der Waals surface area contributed by atoms with Crippen LogP contribution in [-0.2, 0) is 11.8 Å². The zero-order chi connectivity index (χ0) is 34.0. The lowest BCUT2D eigenvalue weighted by Crippen LogP contribution is -2.62. The van der Waals surface area contributed by atoms with Crippen molar-refractivity contribution in [2.45, 2.75) is 86.1 Å². The van der Waals surface area contributed by atoms with E-state index in [4.69, 9.17) is 0 Å². The molecule has 0 bridgehead atoms. The largest absolute Gasteiger partial charge is 0.507 e. The number of nitrogens with one attached hydrogen (secondary N) is 1. The molecule has 5 nitrogen and oxygen atoms in total. The Morgan fingerprint density at radius 1 is 0.891 bits per heavy atom. The summed E-state index contributed by atoms with van der Waals surface area (Å²) in [5, 5.41) is 35.7. The maximum absolute atomic E-state index is 11.1. The molecule has 0 aromatic heterocycles. The molecule has 0 radical (unpaired) electrons. The van der Waals surface area contributed by atoms with E-state index in [-0.39, 0.29) is 33.8 Å². The smallest absolute Gasteiger partial charge is 0.169 e. The highest BCUT2D eigenvalue weighted by Crippen LogP contribution is 2.56. The third kappa shape index (κ3) is 5.30. The third-order valence-electron chi connectivity index (χ3n) is 10.5. The van der Waals surface area contributed by atoms with Crippen LogP contribution >= 0.6 is 0 Å². The first-order chi connectivity index (χ1) is 21.9. The molecule has 5 rings (SSSR count). The zero-order valence-corrected chi connectivity index (χ0v) is 29.3. The van der Waals surface area contributed by atoms with Crippen molar-refractivity contribution >= 4 is 11.3 Å². The van der Waals surface area contributed by atoms with Crippen molar-refractivity contribution in [2.24, 2.45) is 0 Å². The van der Waals surface area contributed by atoms with E-state index in [1.165, 1.54) is 33.5 Å². The number of benzene rings is 3. The van der Waals surface area contributed by atoms with Gasteiger partial charge in [-0.15, -0.1) is 0 Å². The SMILES string of the molecule is CC.CCC1(C)N2CC=CC(C)=C2c2ccccc2C1(C)c1ccccc1C/C=C(C)\C(=C/NC)c1c(O)c(C)c(C)c(O)c1O. The van der Waals surface area contributed by atoms with Crippen LogP contribution in [0.25, 0.3) is 11.3 Å². The summed E-state index contributed by atoms with van der Waals surface area (Å²) in [6.07, 6.45) is 10.1. The van der Waals surface area contributed by atoms with Crippen molar-refractivity contribution in [1.29, 1.82) is 0 Å². The average molecular weight is 621 g/mol. The molecule has 2 heterocycles. The molecule has 2 atom stereocenters. The van der Waals surface area contributed by atoms with Crippen LogP contribution in [-0.4, -0.2) is 39.4 Å². The number of allylic oxidation sites excluding steroid dienone is 5. The Labute approximate surface area is 276 Å². The number of aromatic hydroxyl groups is 3. The minimum absolute atomic E-state index is 0.0350. The molecular formula is C41H52N2O3. The molecule has 0 saturated carbocycles. The van der Waals surface area contributed by atoms with Gasteiger partial charge in [0.25, 0.3) is 0 Å². The second kappa shape index (κ2) is 13.5. The number of fused-ring (bicyclic) bond motifs is 3. The molecule has 0 saturated heterocycles. The van der Waals surface area contributed by atoms with Gasteiger partial charge in [-0.3, -0.25) is 0 Å². The number of phenols is 3. The molecule has 0 fully saturated rings. The fraction of sp³-hybridized carbons (Fsp3) is 0.366. The summed E-state index contributed by atoms with van der Waals surface area (Å²) < 4.78 is 0. The quantitative estimate of drug-likeness (QED) is 0.120.